The van der Waals surface area contributed by atoms with E-state index in [0.717, 1.165) is 22.2 Å². The number of aliphatic hydroxyl groups is 1. The molecule has 0 radical (unpaired) electrons. The lowest BCUT2D eigenvalue weighted by Gasteiger charge is -2.05. The van der Waals surface area contributed by atoms with Crippen molar-refractivity contribution < 1.29 is 5.11 Å². The monoisotopic (exact) mass is 307 g/mol. The summed E-state index contributed by atoms with van der Waals surface area (Å²) in [5, 5.41) is 10.7. The first-order valence-corrected chi connectivity index (χ1v) is 7.13. The molecule has 23 heavy (non-hydrogen) atoms. The van der Waals surface area contributed by atoms with Crippen molar-refractivity contribution in [2.45, 2.75) is 19.4 Å². The van der Waals surface area contributed by atoms with E-state index in [9.17, 15) is 5.11 Å². The summed E-state index contributed by atoms with van der Waals surface area (Å²) in [5.74, 6) is 5.90. The molecule has 6 nitrogen and oxygen atoms in total. The maximum Gasteiger partial charge on any atom is 0.220 e. The van der Waals surface area contributed by atoms with Crippen molar-refractivity contribution in [1.82, 2.24) is 19.5 Å². The Kier molecular flexibility index (Phi) is 3.51. The Labute approximate surface area is 134 Å². The van der Waals surface area contributed by atoms with Crippen molar-refractivity contribution >= 4 is 16.9 Å². The van der Waals surface area contributed by atoms with Crippen LogP contribution in [-0.2, 0) is 7.05 Å². The number of nitrogen functional groups attached to an aromatic ring is 1. The third kappa shape index (κ3) is 3.15. The summed E-state index contributed by atoms with van der Waals surface area (Å²) in [7, 11) is 1.94. The first kappa shape index (κ1) is 15.0. The van der Waals surface area contributed by atoms with E-state index in [0.29, 0.717) is 5.69 Å². The summed E-state index contributed by atoms with van der Waals surface area (Å²) in [5.41, 5.74) is 7.86. The van der Waals surface area contributed by atoms with E-state index in [1.807, 2.05) is 29.9 Å². The van der Waals surface area contributed by atoms with Crippen molar-refractivity contribution in [3.8, 4) is 23.1 Å². The van der Waals surface area contributed by atoms with Crippen molar-refractivity contribution in [1.29, 1.82) is 0 Å². The highest BCUT2D eigenvalue weighted by atomic mass is 16.3. The highest BCUT2D eigenvalue weighted by Crippen LogP contribution is 2.29. The van der Waals surface area contributed by atoms with Gasteiger partial charge in [-0.1, -0.05) is 5.92 Å². The molecule has 0 bridgehead atoms. The van der Waals surface area contributed by atoms with Gasteiger partial charge in [0.2, 0.25) is 5.95 Å². The van der Waals surface area contributed by atoms with Crippen LogP contribution in [0, 0.1) is 11.8 Å². The minimum Gasteiger partial charge on any atom is -0.378 e. The molecule has 0 spiro atoms. The summed E-state index contributed by atoms with van der Waals surface area (Å²) in [6.07, 6.45) is 5.37. The van der Waals surface area contributed by atoms with Crippen LogP contribution in [0.3, 0.4) is 0 Å². The van der Waals surface area contributed by atoms with Gasteiger partial charge in [0.25, 0.3) is 0 Å². The molecule has 0 amide bonds. The molecule has 0 aromatic carbocycles. The highest BCUT2D eigenvalue weighted by molar-refractivity contribution is 5.95. The van der Waals surface area contributed by atoms with Gasteiger partial charge >= 0.3 is 0 Å². The number of hydrogen-bond donors (Lipinski definition) is 2. The predicted octanol–water partition coefficient (Wildman–Crippen LogP) is 1.73. The number of nitrogens with two attached hydrogens (primary N) is 1. The average molecular weight is 307 g/mol. The van der Waals surface area contributed by atoms with Gasteiger partial charge in [-0.05, 0) is 31.9 Å². The first-order chi connectivity index (χ1) is 10.8. The lowest BCUT2D eigenvalue weighted by molar-refractivity contribution is 0.143. The van der Waals surface area contributed by atoms with E-state index in [1.165, 1.54) is 0 Å². The summed E-state index contributed by atoms with van der Waals surface area (Å²) in [4.78, 5) is 12.5. The molecule has 0 unspecified atom stereocenters. The van der Waals surface area contributed by atoms with Gasteiger partial charge in [0.15, 0.2) is 0 Å². The first-order valence-electron chi connectivity index (χ1n) is 7.13. The smallest absolute Gasteiger partial charge is 0.220 e. The van der Waals surface area contributed by atoms with E-state index < -0.39 is 5.60 Å². The molecule has 0 saturated carbocycles. The number of nitrogens with zero attached hydrogens (tertiary/aromatic N) is 4. The molecular weight excluding hydrogens is 290 g/mol. The maximum absolute atomic E-state index is 9.72. The fraction of sp³-hybridized carbons (Fsp3) is 0.235. The maximum atomic E-state index is 9.72. The number of anilines is 1. The molecule has 3 N–H and O–H groups in total. The standard InChI is InChI=1S/C17H17N5O/c1-17(2,23)6-4-11-8-12-13(10-22(3)15(12)9-20-11)14-5-7-19-16(18)21-14/h5,7-10,23H,1-3H3,(H2,18,19,21). The third-order valence-electron chi connectivity index (χ3n) is 3.32. The van der Waals surface area contributed by atoms with Gasteiger partial charge in [0.05, 0.1) is 17.4 Å². The van der Waals surface area contributed by atoms with Crippen LogP contribution in [0.1, 0.15) is 19.5 Å². The summed E-state index contributed by atoms with van der Waals surface area (Å²) >= 11 is 0. The Balaban J connectivity index is 2.17. The third-order valence-corrected chi connectivity index (χ3v) is 3.32. The van der Waals surface area contributed by atoms with E-state index in [1.54, 1.807) is 26.2 Å². The quantitative estimate of drug-likeness (QED) is 0.668. The zero-order chi connectivity index (χ0) is 16.6. The van der Waals surface area contributed by atoms with Crippen LogP contribution in [0.5, 0.6) is 0 Å². The summed E-state index contributed by atoms with van der Waals surface area (Å²) < 4.78 is 1.98. The molecule has 116 valence electrons. The van der Waals surface area contributed by atoms with Crippen LogP contribution in [0.15, 0.2) is 30.7 Å². The molecule has 0 fully saturated rings. The van der Waals surface area contributed by atoms with Crippen LogP contribution in [0.4, 0.5) is 5.95 Å². The predicted molar refractivity (Wildman–Crippen MR) is 89.3 cm³/mol. The molecule has 3 rings (SSSR count). The second-order valence-corrected chi connectivity index (χ2v) is 5.85. The van der Waals surface area contributed by atoms with Gasteiger partial charge in [0.1, 0.15) is 11.3 Å². The van der Waals surface area contributed by atoms with Gasteiger partial charge < -0.3 is 15.4 Å². The largest absolute Gasteiger partial charge is 0.378 e. The number of aromatic nitrogens is 4. The molecule has 6 heteroatoms. The second-order valence-electron chi connectivity index (χ2n) is 5.85. The Morgan fingerprint density at radius 2 is 2.09 bits per heavy atom. The average Bonchev–Trinajstić information content (AvgIpc) is 2.81. The van der Waals surface area contributed by atoms with Gasteiger partial charge in [-0.15, -0.1) is 0 Å². The van der Waals surface area contributed by atoms with E-state index in [2.05, 4.69) is 26.8 Å². The fourth-order valence-corrected chi connectivity index (χ4v) is 2.29. The second kappa shape index (κ2) is 5.38. The molecular formula is C17H17N5O. The molecule has 0 saturated heterocycles. The number of fused-ring (bicyclic) bond motifs is 1. The van der Waals surface area contributed by atoms with Crippen LogP contribution in [-0.4, -0.2) is 30.2 Å². The van der Waals surface area contributed by atoms with Gasteiger partial charge in [-0.2, -0.15) is 0 Å². The molecule has 3 heterocycles. The summed E-state index contributed by atoms with van der Waals surface area (Å²) in [6.45, 7) is 3.27. The Bertz CT molecular complexity index is 941. The normalized spacial score (nSPS) is 11.3. The zero-order valence-corrected chi connectivity index (χ0v) is 13.2. The van der Waals surface area contributed by atoms with E-state index >= 15 is 0 Å². The van der Waals surface area contributed by atoms with E-state index in [4.69, 9.17) is 5.73 Å². The van der Waals surface area contributed by atoms with Gasteiger partial charge in [-0.25, -0.2) is 15.0 Å². The molecule has 3 aromatic heterocycles. The van der Waals surface area contributed by atoms with E-state index in [-0.39, 0.29) is 5.95 Å². The molecule has 3 aromatic rings. The minimum atomic E-state index is -1.06. The summed E-state index contributed by atoms with van der Waals surface area (Å²) in [6, 6.07) is 3.70. The molecule has 0 aliphatic heterocycles. The number of rotatable bonds is 1. The van der Waals surface area contributed by atoms with Crippen molar-refractivity contribution in [2.75, 3.05) is 5.73 Å². The van der Waals surface area contributed by atoms with Crippen LogP contribution >= 0.6 is 0 Å². The number of pyridine rings is 1. The molecule has 0 aliphatic rings. The zero-order valence-electron chi connectivity index (χ0n) is 13.2. The topological polar surface area (TPSA) is 89.9 Å². The van der Waals surface area contributed by atoms with Gasteiger partial charge in [0, 0.05) is 30.4 Å². The van der Waals surface area contributed by atoms with Crippen molar-refractivity contribution in [2.24, 2.45) is 7.05 Å². The Morgan fingerprint density at radius 1 is 1.30 bits per heavy atom. The lowest BCUT2D eigenvalue weighted by Crippen LogP contribution is -2.14. The lowest BCUT2D eigenvalue weighted by atomic mass is 10.1. The molecule has 0 aliphatic carbocycles. The minimum absolute atomic E-state index is 0.232. The SMILES string of the molecule is Cn1cc(-c2ccnc(N)n2)c2cc(C#CC(C)(C)O)ncc21. The Morgan fingerprint density at radius 3 is 2.78 bits per heavy atom. The Hall–Kier alpha value is -2.91. The van der Waals surface area contributed by atoms with Crippen LogP contribution in [0.25, 0.3) is 22.2 Å². The van der Waals surface area contributed by atoms with Gasteiger partial charge in [-0.3, -0.25) is 0 Å². The van der Waals surface area contributed by atoms with Crippen molar-refractivity contribution in [3.63, 3.8) is 0 Å². The van der Waals surface area contributed by atoms with Crippen LogP contribution in [0.2, 0.25) is 0 Å². The van der Waals surface area contributed by atoms with Crippen molar-refractivity contribution in [3.05, 3.63) is 36.4 Å². The highest BCUT2D eigenvalue weighted by Gasteiger charge is 2.12. The number of hydrogen-bond acceptors (Lipinski definition) is 5. The number of aryl methyl sites for hydroxylation is 1. The fourth-order valence-electron chi connectivity index (χ4n) is 2.29. The van der Waals surface area contributed by atoms with Crippen LogP contribution < -0.4 is 5.73 Å². The molecule has 0 atom stereocenters.